The Labute approximate surface area is 185 Å². The van der Waals surface area contributed by atoms with E-state index in [1.54, 1.807) is 5.38 Å². The number of nitrogens with zero attached hydrogens (tertiary/aromatic N) is 1. The van der Waals surface area contributed by atoms with Crippen molar-refractivity contribution in [2.75, 3.05) is 11.9 Å². The second-order valence-corrected chi connectivity index (χ2v) is 9.04. The highest BCUT2D eigenvalue weighted by Gasteiger charge is 2.21. The van der Waals surface area contributed by atoms with Crippen LogP contribution >= 0.6 is 34.5 Å². The highest BCUT2D eigenvalue weighted by atomic mass is 35.5. The molecule has 3 rings (SSSR count). The smallest absolute Gasteiger partial charge is 0.340 e. The number of halogens is 2. The van der Waals surface area contributed by atoms with Crippen molar-refractivity contribution in [2.24, 2.45) is 5.14 Å². The van der Waals surface area contributed by atoms with Crippen molar-refractivity contribution in [3.8, 4) is 11.3 Å². The maximum absolute atomic E-state index is 12.2. The van der Waals surface area contributed by atoms with Crippen LogP contribution in [0.4, 0.5) is 5.13 Å². The van der Waals surface area contributed by atoms with Crippen molar-refractivity contribution in [1.29, 1.82) is 0 Å². The van der Waals surface area contributed by atoms with Crippen molar-refractivity contribution in [2.45, 2.75) is 4.90 Å². The standard InChI is InChI=1S/C18H13Cl2N3O5S2/c19-12-7-13(20)15(30(21,26)27)6-11(12)17(25)28-8-16(24)23-18-22-14(9-29-18)10-4-2-1-3-5-10/h1-7,9H,8H2,(H2,21,26,27)(H,22,23,24). The quantitative estimate of drug-likeness (QED) is 0.513. The molecule has 0 aliphatic carbocycles. The molecule has 1 aromatic heterocycles. The van der Waals surface area contributed by atoms with E-state index in [0.717, 1.165) is 17.7 Å². The second kappa shape index (κ2) is 9.11. The Morgan fingerprint density at radius 2 is 1.83 bits per heavy atom. The lowest BCUT2D eigenvalue weighted by molar-refractivity contribution is -0.119. The van der Waals surface area contributed by atoms with Crippen LogP contribution in [0.15, 0.2) is 52.7 Å². The minimum Gasteiger partial charge on any atom is -0.452 e. The van der Waals surface area contributed by atoms with Gasteiger partial charge in [-0.2, -0.15) is 0 Å². The van der Waals surface area contributed by atoms with E-state index in [4.69, 9.17) is 33.1 Å². The van der Waals surface area contributed by atoms with Crippen molar-refractivity contribution >= 4 is 61.6 Å². The molecule has 0 spiro atoms. The first-order valence-corrected chi connectivity index (χ1v) is 11.3. The summed E-state index contributed by atoms with van der Waals surface area (Å²) in [4.78, 5) is 28.1. The first-order chi connectivity index (χ1) is 14.1. The summed E-state index contributed by atoms with van der Waals surface area (Å²) in [6.45, 7) is -0.636. The molecule has 156 valence electrons. The molecule has 0 aliphatic rings. The number of anilines is 1. The number of ether oxygens (including phenoxy) is 1. The third-order valence-corrected chi connectivity index (χ3v) is 6.15. The SMILES string of the molecule is NS(=O)(=O)c1cc(C(=O)OCC(=O)Nc2nc(-c3ccccc3)cs2)c(Cl)cc1Cl. The van der Waals surface area contributed by atoms with Gasteiger partial charge in [0, 0.05) is 10.9 Å². The average molecular weight is 486 g/mol. The molecule has 30 heavy (non-hydrogen) atoms. The Morgan fingerprint density at radius 1 is 1.13 bits per heavy atom. The number of carbonyl (C=O) groups excluding carboxylic acids is 2. The molecule has 0 bridgehead atoms. The lowest BCUT2D eigenvalue weighted by Gasteiger charge is -2.09. The molecule has 0 unspecified atom stereocenters. The molecular formula is C18H13Cl2N3O5S2. The van der Waals surface area contributed by atoms with Gasteiger partial charge in [-0.1, -0.05) is 53.5 Å². The first kappa shape index (κ1) is 22.2. The summed E-state index contributed by atoms with van der Waals surface area (Å²) in [5.74, 6) is -1.64. The Balaban J connectivity index is 1.64. The molecule has 1 heterocycles. The van der Waals surface area contributed by atoms with E-state index in [1.807, 2.05) is 30.3 Å². The molecule has 12 heteroatoms. The molecule has 0 aliphatic heterocycles. The number of rotatable bonds is 6. The predicted octanol–water partition coefficient (Wildman–Crippen LogP) is 3.56. The zero-order valence-electron chi connectivity index (χ0n) is 15.0. The van der Waals surface area contributed by atoms with Crippen molar-refractivity contribution in [3.63, 3.8) is 0 Å². The second-order valence-electron chi connectivity index (χ2n) is 5.84. The van der Waals surface area contributed by atoms with Gasteiger partial charge in [0.25, 0.3) is 5.91 Å². The van der Waals surface area contributed by atoms with E-state index in [0.29, 0.717) is 10.8 Å². The number of carbonyl (C=O) groups is 2. The van der Waals surface area contributed by atoms with Gasteiger partial charge in [0.2, 0.25) is 10.0 Å². The molecule has 0 saturated heterocycles. The van der Waals surface area contributed by atoms with Gasteiger partial charge >= 0.3 is 5.97 Å². The van der Waals surface area contributed by atoms with Gasteiger partial charge in [-0.05, 0) is 12.1 Å². The summed E-state index contributed by atoms with van der Waals surface area (Å²) in [6, 6.07) is 11.3. The number of nitrogens with one attached hydrogen (secondary N) is 1. The highest BCUT2D eigenvalue weighted by molar-refractivity contribution is 7.89. The molecule has 8 nitrogen and oxygen atoms in total. The van der Waals surface area contributed by atoms with Crippen molar-refractivity contribution in [3.05, 3.63) is 63.5 Å². The summed E-state index contributed by atoms with van der Waals surface area (Å²) < 4.78 is 28.0. The molecule has 0 fully saturated rings. The molecule has 3 aromatic rings. The summed E-state index contributed by atoms with van der Waals surface area (Å²) in [5.41, 5.74) is 1.29. The van der Waals surface area contributed by atoms with E-state index < -0.39 is 33.4 Å². The largest absolute Gasteiger partial charge is 0.452 e. The molecule has 2 aromatic carbocycles. The fourth-order valence-electron chi connectivity index (χ4n) is 2.34. The summed E-state index contributed by atoms with van der Waals surface area (Å²) >= 11 is 12.9. The van der Waals surface area contributed by atoms with E-state index in [-0.39, 0.29) is 15.6 Å². The highest BCUT2D eigenvalue weighted by Crippen LogP contribution is 2.28. The number of thiazole rings is 1. The predicted molar refractivity (Wildman–Crippen MR) is 114 cm³/mol. The monoisotopic (exact) mass is 485 g/mol. The van der Waals surface area contributed by atoms with E-state index in [2.05, 4.69) is 10.3 Å². The molecular weight excluding hydrogens is 473 g/mol. The zero-order valence-corrected chi connectivity index (χ0v) is 18.1. The molecule has 0 radical (unpaired) electrons. The van der Waals surface area contributed by atoms with Gasteiger partial charge < -0.3 is 4.74 Å². The number of amides is 1. The van der Waals surface area contributed by atoms with Gasteiger partial charge in [0.1, 0.15) is 4.90 Å². The van der Waals surface area contributed by atoms with Crippen LogP contribution in [0.2, 0.25) is 10.0 Å². The average Bonchev–Trinajstić information content (AvgIpc) is 3.14. The zero-order chi connectivity index (χ0) is 21.9. The van der Waals surface area contributed by atoms with E-state index in [1.165, 1.54) is 11.3 Å². The number of hydrogen-bond acceptors (Lipinski definition) is 7. The lowest BCUT2D eigenvalue weighted by atomic mass is 10.2. The Hall–Kier alpha value is -2.50. The molecule has 1 amide bonds. The summed E-state index contributed by atoms with van der Waals surface area (Å²) in [6.07, 6.45) is 0. The van der Waals surface area contributed by atoms with Crippen molar-refractivity contribution < 1.29 is 22.7 Å². The van der Waals surface area contributed by atoms with Crippen LogP contribution in [0.3, 0.4) is 0 Å². The van der Waals surface area contributed by atoms with Crippen LogP contribution < -0.4 is 10.5 Å². The number of aromatic nitrogens is 1. The number of sulfonamides is 1. The number of primary sulfonamides is 1. The van der Waals surface area contributed by atoms with Crippen LogP contribution in [0.5, 0.6) is 0 Å². The summed E-state index contributed by atoms with van der Waals surface area (Å²) in [5, 5.41) is 9.29. The van der Waals surface area contributed by atoms with E-state index >= 15 is 0 Å². The maximum Gasteiger partial charge on any atom is 0.340 e. The minimum atomic E-state index is -4.18. The fourth-order valence-corrected chi connectivity index (χ4v) is 4.47. The van der Waals surface area contributed by atoms with Crippen LogP contribution in [0.25, 0.3) is 11.3 Å². The van der Waals surface area contributed by atoms with Crippen LogP contribution in [-0.2, 0) is 19.6 Å². The third kappa shape index (κ3) is 5.35. The van der Waals surface area contributed by atoms with Crippen molar-refractivity contribution in [1.82, 2.24) is 4.98 Å². The maximum atomic E-state index is 12.2. The normalized spacial score (nSPS) is 11.2. The molecule has 0 atom stereocenters. The Kier molecular flexibility index (Phi) is 6.74. The Bertz CT molecular complexity index is 1210. The van der Waals surface area contributed by atoms with E-state index in [9.17, 15) is 18.0 Å². The first-order valence-electron chi connectivity index (χ1n) is 8.15. The number of benzene rings is 2. The van der Waals surface area contributed by atoms with Gasteiger partial charge in [-0.25, -0.2) is 23.3 Å². The number of esters is 1. The van der Waals surface area contributed by atoms with Gasteiger partial charge in [-0.15, -0.1) is 11.3 Å². The van der Waals surface area contributed by atoms with Gasteiger partial charge in [0.05, 0.1) is 21.3 Å². The molecule has 0 saturated carbocycles. The van der Waals surface area contributed by atoms with Crippen LogP contribution in [-0.4, -0.2) is 31.9 Å². The van der Waals surface area contributed by atoms with Crippen LogP contribution in [0.1, 0.15) is 10.4 Å². The van der Waals surface area contributed by atoms with Gasteiger partial charge in [0.15, 0.2) is 11.7 Å². The third-order valence-electron chi connectivity index (χ3n) is 3.70. The molecule has 3 N–H and O–H groups in total. The lowest BCUT2D eigenvalue weighted by Crippen LogP contribution is -2.21. The Morgan fingerprint density at radius 3 is 2.50 bits per heavy atom. The fraction of sp³-hybridized carbons (Fsp3) is 0.0556. The van der Waals surface area contributed by atoms with Crippen LogP contribution in [0, 0.1) is 0 Å². The summed E-state index contributed by atoms with van der Waals surface area (Å²) in [7, 11) is -4.18. The minimum absolute atomic E-state index is 0.148. The number of hydrogen-bond donors (Lipinski definition) is 2. The number of nitrogens with two attached hydrogens (primary N) is 1. The van der Waals surface area contributed by atoms with Gasteiger partial charge in [-0.3, -0.25) is 10.1 Å². The topological polar surface area (TPSA) is 128 Å².